The SMILES string of the molecule is C[n+]1cc(Br)cc2sc(/C=C3\C=CN(CCC[N+](C)(C)C)c4ccccc43)nc21.[I-].[I-]. The van der Waals surface area contributed by atoms with E-state index in [0.717, 1.165) is 39.1 Å². The van der Waals surface area contributed by atoms with Crippen LogP contribution in [0.25, 0.3) is 22.0 Å². The molecule has 0 radical (unpaired) electrons. The Morgan fingerprint density at radius 2 is 1.94 bits per heavy atom. The summed E-state index contributed by atoms with van der Waals surface area (Å²) in [7, 11) is 8.78. The van der Waals surface area contributed by atoms with Gasteiger partial charge in [-0.3, -0.25) is 0 Å². The van der Waals surface area contributed by atoms with Gasteiger partial charge in [0.1, 0.15) is 10.9 Å². The molecule has 1 aliphatic heterocycles. The molecule has 0 saturated carbocycles. The number of pyridine rings is 1. The molecule has 1 aliphatic rings. The summed E-state index contributed by atoms with van der Waals surface area (Å²) in [5.41, 5.74) is 4.77. The van der Waals surface area contributed by atoms with E-state index in [1.807, 2.05) is 13.2 Å². The van der Waals surface area contributed by atoms with Crippen LogP contribution < -0.4 is 57.4 Å². The summed E-state index contributed by atoms with van der Waals surface area (Å²) in [4.78, 5) is 7.22. The summed E-state index contributed by atoms with van der Waals surface area (Å²) in [6.07, 6.45) is 9.84. The van der Waals surface area contributed by atoms with Gasteiger partial charge >= 0.3 is 5.65 Å². The Balaban J connectivity index is 0.00000171. The molecule has 0 atom stereocenters. The molecule has 3 aromatic rings. The molecule has 0 fully saturated rings. The first-order valence-electron chi connectivity index (χ1n) is 9.82. The maximum absolute atomic E-state index is 4.85. The second-order valence-corrected chi connectivity index (χ2v) is 10.5. The number of hydrogen-bond acceptors (Lipinski definition) is 3. The van der Waals surface area contributed by atoms with Gasteiger partial charge in [0.25, 0.3) is 0 Å². The minimum Gasteiger partial charge on any atom is -1.00 e. The first-order chi connectivity index (χ1) is 13.8. The molecular formula is C23H27BrI2N4S. The highest BCUT2D eigenvalue weighted by Crippen LogP contribution is 2.35. The average molecular weight is 725 g/mol. The van der Waals surface area contributed by atoms with Crippen molar-refractivity contribution < 1.29 is 57.0 Å². The van der Waals surface area contributed by atoms with E-state index in [4.69, 9.17) is 4.98 Å². The molecular weight excluding hydrogens is 698 g/mol. The fourth-order valence-corrected chi connectivity index (χ4v) is 5.33. The zero-order chi connectivity index (χ0) is 20.6. The summed E-state index contributed by atoms with van der Waals surface area (Å²) in [6, 6.07) is 10.8. The topological polar surface area (TPSA) is 20.0 Å². The van der Waals surface area contributed by atoms with E-state index in [9.17, 15) is 0 Å². The summed E-state index contributed by atoms with van der Waals surface area (Å²) in [6.45, 7) is 2.19. The van der Waals surface area contributed by atoms with Gasteiger partial charge in [-0.25, -0.2) is 4.57 Å². The molecule has 0 saturated heterocycles. The van der Waals surface area contributed by atoms with E-state index in [-0.39, 0.29) is 48.0 Å². The van der Waals surface area contributed by atoms with Crippen molar-refractivity contribution in [3.05, 3.63) is 63.8 Å². The third-order valence-corrected chi connectivity index (χ3v) is 6.41. The fourth-order valence-electron chi connectivity index (χ4n) is 3.64. The molecule has 0 unspecified atom stereocenters. The van der Waals surface area contributed by atoms with Crippen molar-refractivity contribution in [1.82, 2.24) is 4.98 Å². The first kappa shape index (κ1) is 26.7. The number of para-hydroxylation sites is 1. The van der Waals surface area contributed by atoms with Crippen LogP contribution in [0.3, 0.4) is 0 Å². The number of aromatic nitrogens is 2. The number of hydrogen-bond donors (Lipinski definition) is 0. The molecule has 0 spiro atoms. The number of allylic oxidation sites excluding steroid dienone is 2. The number of quaternary nitrogens is 1. The van der Waals surface area contributed by atoms with Crippen LogP contribution in [0, 0.1) is 0 Å². The van der Waals surface area contributed by atoms with E-state index < -0.39 is 0 Å². The van der Waals surface area contributed by atoms with Gasteiger partial charge < -0.3 is 57.3 Å². The van der Waals surface area contributed by atoms with Gasteiger partial charge in [-0.2, -0.15) is 0 Å². The predicted octanol–water partition coefficient (Wildman–Crippen LogP) is -1.14. The van der Waals surface area contributed by atoms with Crippen molar-refractivity contribution >= 4 is 55.0 Å². The van der Waals surface area contributed by atoms with Gasteiger partial charge in [-0.15, -0.1) is 0 Å². The van der Waals surface area contributed by atoms with Crippen LogP contribution >= 0.6 is 27.3 Å². The van der Waals surface area contributed by atoms with Crippen molar-refractivity contribution in [2.24, 2.45) is 7.05 Å². The highest BCUT2D eigenvalue weighted by molar-refractivity contribution is 9.10. The quantitative estimate of drug-likeness (QED) is 0.189. The van der Waals surface area contributed by atoms with Crippen molar-refractivity contribution in [1.29, 1.82) is 0 Å². The normalized spacial score (nSPS) is 14.4. The van der Waals surface area contributed by atoms with E-state index in [1.54, 1.807) is 11.3 Å². The van der Waals surface area contributed by atoms with E-state index in [2.05, 4.69) is 95.2 Å². The molecule has 0 N–H and O–H groups in total. The Labute approximate surface area is 231 Å². The summed E-state index contributed by atoms with van der Waals surface area (Å²) < 4.78 is 5.32. The van der Waals surface area contributed by atoms with Crippen LogP contribution in [0.2, 0.25) is 0 Å². The molecule has 166 valence electrons. The van der Waals surface area contributed by atoms with Crippen LogP contribution in [0.1, 0.15) is 17.0 Å². The van der Waals surface area contributed by atoms with Gasteiger partial charge in [0.05, 0.1) is 39.2 Å². The molecule has 4 nitrogen and oxygen atoms in total. The van der Waals surface area contributed by atoms with Crippen LogP contribution in [0.5, 0.6) is 0 Å². The zero-order valence-corrected chi connectivity index (χ0v) is 24.9. The standard InChI is InChI=1S/C23H27BrN4S.2HI/c1-26-16-18(24)15-21-23(26)25-22(29-21)14-17-10-12-27(11-7-13-28(2,3)4)20-9-6-5-8-19(17)20;;/h5-6,8-10,12,14-16H,7,11,13H2,1-4H3;2*1H/q+2;;/p-2. The largest absolute Gasteiger partial charge is 1.00 e. The minimum atomic E-state index is 0. The lowest BCUT2D eigenvalue weighted by molar-refractivity contribution is -0.870. The smallest absolute Gasteiger partial charge is 0.342 e. The number of halogens is 3. The first-order valence-corrected chi connectivity index (χ1v) is 11.4. The monoisotopic (exact) mass is 724 g/mol. The summed E-state index contributed by atoms with van der Waals surface area (Å²) in [5, 5.41) is 1.03. The second kappa shape index (κ2) is 11.0. The zero-order valence-electron chi connectivity index (χ0n) is 18.1. The van der Waals surface area contributed by atoms with Crippen molar-refractivity contribution in [2.45, 2.75) is 6.42 Å². The third-order valence-electron chi connectivity index (χ3n) is 5.04. The second-order valence-electron chi connectivity index (χ2n) is 8.50. The number of fused-ring (bicyclic) bond motifs is 2. The average Bonchev–Trinajstić information content (AvgIpc) is 3.05. The molecule has 31 heavy (non-hydrogen) atoms. The van der Waals surface area contributed by atoms with E-state index >= 15 is 0 Å². The van der Waals surface area contributed by atoms with Crippen LogP contribution in [-0.2, 0) is 7.05 Å². The molecule has 0 aliphatic carbocycles. The molecule has 0 amide bonds. The lowest BCUT2D eigenvalue weighted by Gasteiger charge is -2.29. The van der Waals surface area contributed by atoms with E-state index in [0.29, 0.717) is 0 Å². The maximum Gasteiger partial charge on any atom is 0.342 e. The Morgan fingerprint density at radius 3 is 2.68 bits per heavy atom. The van der Waals surface area contributed by atoms with E-state index in [1.165, 1.54) is 21.5 Å². The molecule has 8 heteroatoms. The Morgan fingerprint density at radius 1 is 1.19 bits per heavy atom. The van der Waals surface area contributed by atoms with Crippen LogP contribution in [0.4, 0.5) is 5.69 Å². The van der Waals surface area contributed by atoms with Gasteiger partial charge in [-0.05, 0) is 44.7 Å². The number of benzene rings is 1. The lowest BCUT2D eigenvalue weighted by atomic mass is 9.99. The summed E-state index contributed by atoms with van der Waals surface area (Å²) in [5.74, 6) is 0. The summed E-state index contributed by atoms with van der Waals surface area (Å²) >= 11 is 5.30. The molecule has 2 aromatic heterocycles. The van der Waals surface area contributed by atoms with Crippen LogP contribution in [0.15, 0.2) is 53.3 Å². The molecule has 0 bridgehead atoms. The van der Waals surface area contributed by atoms with Gasteiger partial charge in [0.15, 0.2) is 0 Å². The van der Waals surface area contributed by atoms with Crippen molar-refractivity contribution in [2.75, 3.05) is 39.1 Å². The van der Waals surface area contributed by atoms with Gasteiger partial charge in [-0.1, -0.05) is 29.5 Å². The minimum absolute atomic E-state index is 0. The molecule has 3 heterocycles. The third kappa shape index (κ3) is 6.49. The Kier molecular flexibility index (Phi) is 9.51. The van der Waals surface area contributed by atoms with Gasteiger partial charge in [0.2, 0.25) is 5.01 Å². The molecule has 4 rings (SSSR count). The van der Waals surface area contributed by atoms with Crippen molar-refractivity contribution in [3.63, 3.8) is 0 Å². The number of thiazole rings is 1. The highest BCUT2D eigenvalue weighted by atomic mass is 127. The van der Waals surface area contributed by atoms with Crippen molar-refractivity contribution in [3.8, 4) is 0 Å². The lowest BCUT2D eigenvalue weighted by Crippen LogP contribution is -3.00. The number of rotatable bonds is 5. The number of anilines is 1. The Bertz CT molecular complexity index is 1120. The van der Waals surface area contributed by atoms with Crippen LogP contribution in [-0.4, -0.2) is 43.7 Å². The Hall–Kier alpha value is -0.560. The number of nitrogens with zero attached hydrogens (tertiary/aromatic N) is 4. The highest BCUT2D eigenvalue weighted by Gasteiger charge is 2.19. The fraction of sp³-hybridized carbons (Fsp3) is 0.304. The maximum atomic E-state index is 4.85. The number of aryl methyl sites for hydroxylation is 1. The predicted molar refractivity (Wildman–Crippen MR) is 127 cm³/mol. The molecule has 1 aromatic carbocycles. The van der Waals surface area contributed by atoms with Gasteiger partial charge in [0, 0.05) is 36.5 Å².